The molecule has 1 aromatic carbocycles. The third-order valence-corrected chi connectivity index (χ3v) is 2.33. The first-order valence-electron chi connectivity index (χ1n) is 5.56. The SMILES string of the molecule is COCC(O)CNc1nnnn1-c1ccccc1. The van der Waals surface area contributed by atoms with Gasteiger partial charge in [-0.05, 0) is 22.6 Å². The standard InChI is InChI=1S/C11H15N5O2/c1-18-8-10(17)7-12-11-13-14-15-16(11)9-5-3-2-4-6-9/h2-6,10,17H,7-8H2,1H3,(H,12,13,15). The van der Waals surface area contributed by atoms with Crippen molar-refractivity contribution >= 4 is 5.95 Å². The summed E-state index contributed by atoms with van der Waals surface area (Å²) >= 11 is 0. The first kappa shape index (κ1) is 12.5. The highest BCUT2D eigenvalue weighted by molar-refractivity contribution is 5.38. The van der Waals surface area contributed by atoms with E-state index >= 15 is 0 Å². The Bertz CT molecular complexity index is 473. The Morgan fingerprint density at radius 1 is 1.39 bits per heavy atom. The minimum atomic E-state index is -0.601. The van der Waals surface area contributed by atoms with Crippen molar-refractivity contribution in [3.05, 3.63) is 30.3 Å². The van der Waals surface area contributed by atoms with Crippen LogP contribution in [0.4, 0.5) is 5.95 Å². The van der Waals surface area contributed by atoms with Crippen molar-refractivity contribution in [2.75, 3.05) is 25.6 Å². The molecule has 7 heteroatoms. The molecular formula is C11H15N5O2. The van der Waals surface area contributed by atoms with Crippen LogP contribution in [-0.2, 0) is 4.74 Å². The van der Waals surface area contributed by atoms with Crippen molar-refractivity contribution in [3.63, 3.8) is 0 Å². The lowest BCUT2D eigenvalue weighted by Crippen LogP contribution is -2.25. The Kier molecular flexibility index (Phi) is 4.21. The van der Waals surface area contributed by atoms with E-state index in [-0.39, 0.29) is 6.61 Å². The lowest BCUT2D eigenvalue weighted by atomic mass is 10.3. The van der Waals surface area contributed by atoms with E-state index in [4.69, 9.17) is 4.74 Å². The number of hydrogen-bond acceptors (Lipinski definition) is 6. The van der Waals surface area contributed by atoms with Crippen molar-refractivity contribution < 1.29 is 9.84 Å². The minimum absolute atomic E-state index is 0.264. The number of aliphatic hydroxyl groups excluding tert-OH is 1. The molecule has 2 rings (SSSR count). The molecule has 0 aliphatic heterocycles. The number of ether oxygens (including phenoxy) is 1. The zero-order valence-electron chi connectivity index (χ0n) is 10.0. The van der Waals surface area contributed by atoms with Crippen LogP contribution in [0.5, 0.6) is 0 Å². The van der Waals surface area contributed by atoms with Gasteiger partial charge in [0, 0.05) is 13.7 Å². The maximum atomic E-state index is 9.54. The molecule has 1 aromatic heterocycles. The van der Waals surface area contributed by atoms with E-state index in [1.807, 2.05) is 30.3 Å². The van der Waals surface area contributed by atoms with E-state index in [0.717, 1.165) is 5.69 Å². The number of anilines is 1. The van der Waals surface area contributed by atoms with Crippen LogP contribution in [0.25, 0.3) is 5.69 Å². The predicted molar refractivity (Wildman–Crippen MR) is 65.5 cm³/mol. The second-order valence-electron chi connectivity index (χ2n) is 3.74. The van der Waals surface area contributed by atoms with Gasteiger partial charge in [-0.25, -0.2) is 0 Å². The van der Waals surface area contributed by atoms with E-state index in [1.54, 1.807) is 4.68 Å². The monoisotopic (exact) mass is 249 g/mol. The molecule has 0 bridgehead atoms. The molecule has 0 saturated heterocycles. The molecule has 96 valence electrons. The van der Waals surface area contributed by atoms with Crippen molar-refractivity contribution in [2.45, 2.75) is 6.10 Å². The number of nitrogens with one attached hydrogen (secondary N) is 1. The summed E-state index contributed by atoms with van der Waals surface area (Å²) in [5.41, 5.74) is 0.853. The van der Waals surface area contributed by atoms with Crippen molar-refractivity contribution in [1.82, 2.24) is 20.2 Å². The van der Waals surface area contributed by atoms with Crippen molar-refractivity contribution in [1.29, 1.82) is 0 Å². The average Bonchev–Trinajstić information content (AvgIpc) is 2.86. The van der Waals surface area contributed by atoms with Crippen LogP contribution in [0.2, 0.25) is 0 Å². The third kappa shape index (κ3) is 3.02. The summed E-state index contributed by atoms with van der Waals surface area (Å²) in [5.74, 6) is 0.483. The van der Waals surface area contributed by atoms with Crippen LogP contribution < -0.4 is 5.32 Å². The van der Waals surface area contributed by atoms with Gasteiger partial charge in [0.2, 0.25) is 5.95 Å². The molecular weight excluding hydrogens is 234 g/mol. The molecule has 0 fully saturated rings. The van der Waals surface area contributed by atoms with E-state index in [2.05, 4.69) is 20.8 Å². The fraction of sp³-hybridized carbons (Fsp3) is 0.364. The number of rotatable bonds is 6. The Labute approximate surface area is 104 Å². The van der Waals surface area contributed by atoms with Crippen molar-refractivity contribution in [2.24, 2.45) is 0 Å². The fourth-order valence-corrected chi connectivity index (χ4v) is 1.50. The Morgan fingerprint density at radius 3 is 2.89 bits per heavy atom. The Morgan fingerprint density at radius 2 is 2.17 bits per heavy atom. The zero-order valence-corrected chi connectivity index (χ0v) is 10.0. The van der Waals surface area contributed by atoms with Crippen LogP contribution >= 0.6 is 0 Å². The molecule has 1 unspecified atom stereocenters. The lowest BCUT2D eigenvalue weighted by molar-refractivity contribution is 0.0726. The molecule has 18 heavy (non-hydrogen) atoms. The van der Waals surface area contributed by atoms with Gasteiger partial charge in [-0.2, -0.15) is 4.68 Å². The highest BCUT2D eigenvalue weighted by Gasteiger charge is 2.09. The number of aromatic nitrogens is 4. The molecule has 2 aromatic rings. The predicted octanol–water partition coefficient (Wildman–Crippen LogP) is 0.0815. The molecule has 1 atom stereocenters. The number of aliphatic hydroxyl groups is 1. The summed E-state index contributed by atoms with van der Waals surface area (Å²) in [4.78, 5) is 0. The summed E-state index contributed by atoms with van der Waals surface area (Å²) < 4.78 is 6.41. The number of benzene rings is 1. The summed E-state index contributed by atoms with van der Waals surface area (Å²) in [5, 5.41) is 23.9. The maximum absolute atomic E-state index is 9.54. The second kappa shape index (κ2) is 6.08. The van der Waals surface area contributed by atoms with Gasteiger partial charge in [0.05, 0.1) is 18.4 Å². The van der Waals surface area contributed by atoms with Crippen LogP contribution in [0.3, 0.4) is 0 Å². The highest BCUT2D eigenvalue weighted by Crippen LogP contribution is 2.10. The molecule has 0 aliphatic carbocycles. The zero-order chi connectivity index (χ0) is 12.8. The summed E-state index contributed by atoms with van der Waals surface area (Å²) in [6, 6.07) is 9.52. The molecule has 2 N–H and O–H groups in total. The minimum Gasteiger partial charge on any atom is -0.389 e. The quantitative estimate of drug-likeness (QED) is 0.754. The third-order valence-electron chi connectivity index (χ3n) is 2.33. The molecule has 7 nitrogen and oxygen atoms in total. The first-order valence-corrected chi connectivity index (χ1v) is 5.56. The molecule has 1 heterocycles. The largest absolute Gasteiger partial charge is 0.389 e. The van der Waals surface area contributed by atoms with E-state index in [1.165, 1.54) is 7.11 Å². The summed E-state index contributed by atoms with van der Waals surface area (Å²) in [6.45, 7) is 0.584. The Balaban J connectivity index is 2.05. The average molecular weight is 249 g/mol. The fourth-order valence-electron chi connectivity index (χ4n) is 1.50. The topological polar surface area (TPSA) is 85.1 Å². The summed E-state index contributed by atoms with van der Waals surface area (Å²) in [7, 11) is 1.54. The van der Waals surface area contributed by atoms with Crippen LogP contribution in [0.15, 0.2) is 30.3 Å². The number of tetrazole rings is 1. The molecule has 0 saturated carbocycles. The van der Waals surface area contributed by atoms with Crippen LogP contribution in [-0.4, -0.2) is 51.7 Å². The number of para-hydroxylation sites is 1. The molecule has 0 amide bonds. The molecule has 0 radical (unpaired) electrons. The Hall–Kier alpha value is -1.99. The van der Waals surface area contributed by atoms with Crippen LogP contribution in [0.1, 0.15) is 0 Å². The second-order valence-corrected chi connectivity index (χ2v) is 3.74. The molecule has 0 spiro atoms. The number of nitrogens with zero attached hydrogens (tertiary/aromatic N) is 4. The molecule has 0 aliphatic rings. The van der Waals surface area contributed by atoms with Crippen LogP contribution in [0, 0.1) is 0 Å². The smallest absolute Gasteiger partial charge is 0.247 e. The van der Waals surface area contributed by atoms with Gasteiger partial charge >= 0.3 is 0 Å². The van der Waals surface area contributed by atoms with Gasteiger partial charge in [0.1, 0.15) is 0 Å². The lowest BCUT2D eigenvalue weighted by Gasteiger charge is -2.11. The van der Waals surface area contributed by atoms with E-state index in [9.17, 15) is 5.11 Å². The number of methoxy groups -OCH3 is 1. The maximum Gasteiger partial charge on any atom is 0.247 e. The van der Waals surface area contributed by atoms with Gasteiger partial charge in [0.25, 0.3) is 0 Å². The van der Waals surface area contributed by atoms with Crippen molar-refractivity contribution in [3.8, 4) is 5.69 Å². The summed E-state index contributed by atoms with van der Waals surface area (Å²) in [6.07, 6.45) is -0.601. The van der Waals surface area contributed by atoms with Gasteiger partial charge in [-0.1, -0.05) is 23.3 Å². The van der Waals surface area contributed by atoms with Gasteiger partial charge in [-0.15, -0.1) is 0 Å². The van der Waals surface area contributed by atoms with E-state index < -0.39 is 6.10 Å². The van der Waals surface area contributed by atoms with E-state index in [0.29, 0.717) is 12.5 Å². The van der Waals surface area contributed by atoms with Gasteiger partial charge < -0.3 is 15.2 Å². The first-order chi connectivity index (χ1) is 8.81. The number of hydrogen-bond donors (Lipinski definition) is 2. The van der Waals surface area contributed by atoms with Gasteiger partial charge in [0.15, 0.2) is 0 Å². The normalized spacial score (nSPS) is 12.3. The highest BCUT2D eigenvalue weighted by atomic mass is 16.5. The van der Waals surface area contributed by atoms with Gasteiger partial charge in [-0.3, -0.25) is 0 Å².